The molecule has 0 heterocycles. The standard InChI is InChI=1S/C28H35F2NO/c1-2-3-4-5-6-7-8-21-9-13-23(14-10-21)24-15-11-22(12-16-24)20-32-26-18-17-25(19-31)27(29)28(26)30/h9-10,13-14,17-18,22,24H,2-8,11-12,15-16,20H2,1H3. The van der Waals surface area contributed by atoms with Crippen LogP contribution in [0.25, 0.3) is 0 Å². The summed E-state index contributed by atoms with van der Waals surface area (Å²) >= 11 is 0. The number of unbranched alkanes of at least 4 members (excludes halogenated alkanes) is 5. The smallest absolute Gasteiger partial charge is 0.201 e. The second-order valence-corrected chi connectivity index (χ2v) is 9.14. The van der Waals surface area contributed by atoms with E-state index in [0.717, 1.165) is 25.7 Å². The highest BCUT2D eigenvalue weighted by atomic mass is 19.2. The van der Waals surface area contributed by atoms with Crippen molar-refractivity contribution in [2.24, 2.45) is 5.92 Å². The molecule has 0 radical (unpaired) electrons. The van der Waals surface area contributed by atoms with Gasteiger partial charge in [0.25, 0.3) is 0 Å². The summed E-state index contributed by atoms with van der Waals surface area (Å²) in [6.45, 7) is 2.63. The molecule has 2 nitrogen and oxygen atoms in total. The van der Waals surface area contributed by atoms with Crippen LogP contribution < -0.4 is 4.74 Å². The van der Waals surface area contributed by atoms with Crippen LogP contribution in [0.4, 0.5) is 8.78 Å². The van der Waals surface area contributed by atoms with Crippen molar-refractivity contribution in [2.45, 2.75) is 83.5 Å². The molecule has 1 saturated carbocycles. The van der Waals surface area contributed by atoms with Crippen molar-refractivity contribution in [3.63, 3.8) is 0 Å². The SMILES string of the molecule is CCCCCCCCc1ccc(C2CCC(COc3ccc(C#N)c(F)c3F)CC2)cc1. The third-order valence-corrected chi connectivity index (χ3v) is 6.76. The van der Waals surface area contributed by atoms with E-state index in [1.54, 1.807) is 6.07 Å². The zero-order chi connectivity index (χ0) is 22.8. The molecule has 0 spiro atoms. The van der Waals surface area contributed by atoms with E-state index in [-0.39, 0.29) is 11.3 Å². The van der Waals surface area contributed by atoms with E-state index in [0.29, 0.717) is 18.4 Å². The van der Waals surface area contributed by atoms with E-state index in [2.05, 4.69) is 31.2 Å². The van der Waals surface area contributed by atoms with Crippen LogP contribution in [0.1, 0.15) is 93.7 Å². The van der Waals surface area contributed by atoms with E-state index < -0.39 is 11.6 Å². The fraction of sp³-hybridized carbons (Fsp3) is 0.536. The van der Waals surface area contributed by atoms with Gasteiger partial charge < -0.3 is 4.74 Å². The third-order valence-electron chi connectivity index (χ3n) is 6.76. The van der Waals surface area contributed by atoms with Crippen molar-refractivity contribution >= 4 is 0 Å². The van der Waals surface area contributed by atoms with Gasteiger partial charge in [-0.1, -0.05) is 63.3 Å². The van der Waals surface area contributed by atoms with Crippen molar-refractivity contribution in [3.8, 4) is 11.8 Å². The molecule has 0 bridgehead atoms. The molecule has 1 fully saturated rings. The molecule has 172 valence electrons. The first kappa shape index (κ1) is 24.2. The van der Waals surface area contributed by atoms with Crippen LogP contribution in [0, 0.1) is 28.9 Å². The second kappa shape index (κ2) is 12.6. The molecular formula is C28H35F2NO. The summed E-state index contributed by atoms with van der Waals surface area (Å²) < 4.78 is 33.3. The lowest BCUT2D eigenvalue weighted by molar-refractivity contribution is 0.192. The Bertz CT molecular complexity index is 880. The zero-order valence-electron chi connectivity index (χ0n) is 19.2. The van der Waals surface area contributed by atoms with E-state index in [1.807, 2.05) is 0 Å². The highest BCUT2D eigenvalue weighted by molar-refractivity contribution is 5.37. The summed E-state index contributed by atoms with van der Waals surface area (Å²) in [7, 11) is 0. The summed E-state index contributed by atoms with van der Waals surface area (Å²) in [6, 6.07) is 13.4. The fourth-order valence-electron chi connectivity index (χ4n) is 4.67. The molecule has 2 aromatic carbocycles. The summed E-state index contributed by atoms with van der Waals surface area (Å²) in [5.74, 6) is -1.40. The number of hydrogen-bond donors (Lipinski definition) is 0. The monoisotopic (exact) mass is 439 g/mol. The lowest BCUT2D eigenvalue weighted by Crippen LogP contribution is -2.19. The Kier molecular flexibility index (Phi) is 9.53. The highest BCUT2D eigenvalue weighted by Gasteiger charge is 2.23. The fourth-order valence-corrected chi connectivity index (χ4v) is 4.67. The van der Waals surface area contributed by atoms with Gasteiger partial charge in [-0.3, -0.25) is 0 Å². The van der Waals surface area contributed by atoms with Gasteiger partial charge in [0, 0.05) is 0 Å². The van der Waals surface area contributed by atoms with Gasteiger partial charge in [0.1, 0.15) is 6.07 Å². The molecule has 0 N–H and O–H groups in total. The molecule has 0 atom stereocenters. The third kappa shape index (κ3) is 6.79. The maximum atomic E-state index is 14.0. The summed E-state index contributed by atoms with van der Waals surface area (Å²) in [5.41, 5.74) is 2.55. The van der Waals surface area contributed by atoms with Gasteiger partial charge >= 0.3 is 0 Å². The first-order valence-electron chi connectivity index (χ1n) is 12.2. The largest absolute Gasteiger partial charge is 0.490 e. The molecule has 32 heavy (non-hydrogen) atoms. The van der Waals surface area contributed by atoms with Crippen LogP contribution in [0.3, 0.4) is 0 Å². The van der Waals surface area contributed by atoms with E-state index in [1.165, 1.54) is 68.2 Å². The quantitative estimate of drug-likeness (QED) is 0.331. The van der Waals surface area contributed by atoms with Crippen LogP contribution in [0.5, 0.6) is 5.75 Å². The van der Waals surface area contributed by atoms with Crippen LogP contribution >= 0.6 is 0 Å². The Balaban J connectivity index is 1.40. The van der Waals surface area contributed by atoms with E-state index >= 15 is 0 Å². The van der Waals surface area contributed by atoms with Gasteiger partial charge in [-0.2, -0.15) is 9.65 Å². The predicted molar refractivity (Wildman–Crippen MR) is 125 cm³/mol. The minimum absolute atomic E-state index is 0.107. The Morgan fingerprint density at radius 2 is 1.56 bits per heavy atom. The number of ether oxygens (including phenoxy) is 1. The number of halogens is 2. The van der Waals surface area contributed by atoms with Crippen molar-refractivity contribution < 1.29 is 13.5 Å². The number of aryl methyl sites for hydroxylation is 1. The van der Waals surface area contributed by atoms with Crippen molar-refractivity contribution in [1.82, 2.24) is 0 Å². The molecule has 2 aromatic rings. The van der Waals surface area contributed by atoms with Gasteiger partial charge in [-0.05, 0) is 73.6 Å². The minimum Gasteiger partial charge on any atom is -0.490 e. The average Bonchev–Trinajstić information content (AvgIpc) is 2.83. The molecule has 1 aliphatic rings. The Morgan fingerprint density at radius 3 is 2.25 bits per heavy atom. The van der Waals surface area contributed by atoms with Crippen molar-refractivity contribution in [2.75, 3.05) is 6.61 Å². The van der Waals surface area contributed by atoms with E-state index in [9.17, 15) is 8.78 Å². The van der Waals surface area contributed by atoms with Crippen molar-refractivity contribution in [3.05, 3.63) is 64.7 Å². The van der Waals surface area contributed by atoms with Crippen LogP contribution in [0.2, 0.25) is 0 Å². The van der Waals surface area contributed by atoms with E-state index in [4.69, 9.17) is 10.00 Å². The minimum atomic E-state index is -1.13. The summed E-state index contributed by atoms with van der Waals surface area (Å²) in [4.78, 5) is 0. The number of hydrogen-bond acceptors (Lipinski definition) is 2. The molecule has 0 aliphatic heterocycles. The lowest BCUT2D eigenvalue weighted by atomic mass is 9.79. The zero-order valence-corrected chi connectivity index (χ0v) is 19.2. The first-order chi connectivity index (χ1) is 15.6. The Labute approximate surface area is 191 Å². The summed E-state index contributed by atoms with van der Waals surface area (Å²) in [6.07, 6.45) is 13.4. The number of rotatable bonds is 11. The van der Waals surface area contributed by atoms with Crippen LogP contribution in [-0.4, -0.2) is 6.61 Å². The number of nitrogens with zero attached hydrogens (tertiary/aromatic N) is 1. The predicted octanol–water partition coefficient (Wildman–Crippen LogP) is 8.09. The van der Waals surface area contributed by atoms with Gasteiger partial charge in [0.2, 0.25) is 5.82 Å². The van der Waals surface area contributed by atoms with Gasteiger partial charge in [0.05, 0.1) is 12.2 Å². The topological polar surface area (TPSA) is 33.0 Å². The molecule has 0 aromatic heterocycles. The molecule has 0 amide bonds. The number of benzene rings is 2. The van der Waals surface area contributed by atoms with Crippen LogP contribution in [0.15, 0.2) is 36.4 Å². The summed E-state index contributed by atoms with van der Waals surface area (Å²) in [5, 5.41) is 8.78. The number of nitriles is 1. The second-order valence-electron chi connectivity index (χ2n) is 9.14. The molecule has 0 unspecified atom stereocenters. The van der Waals surface area contributed by atoms with Gasteiger partial charge in [-0.15, -0.1) is 0 Å². The highest BCUT2D eigenvalue weighted by Crippen LogP contribution is 2.36. The average molecular weight is 440 g/mol. The Hall–Kier alpha value is -2.41. The van der Waals surface area contributed by atoms with Gasteiger partial charge in [0.15, 0.2) is 11.6 Å². The molecule has 1 aliphatic carbocycles. The molecule has 0 saturated heterocycles. The van der Waals surface area contributed by atoms with Gasteiger partial charge in [-0.25, -0.2) is 4.39 Å². The van der Waals surface area contributed by atoms with Crippen molar-refractivity contribution in [1.29, 1.82) is 5.26 Å². The maximum absolute atomic E-state index is 14.0. The van der Waals surface area contributed by atoms with Crippen LogP contribution in [-0.2, 0) is 6.42 Å². The molecular weight excluding hydrogens is 404 g/mol. The maximum Gasteiger partial charge on any atom is 0.201 e. The lowest BCUT2D eigenvalue weighted by Gasteiger charge is -2.29. The molecule has 3 rings (SSSR count). The first-order valence-corrected chi connectivity index (χ1v) is 12.2. The Morgan fingerprint density at radius 1 is 0.875 bits per heavy atom. The normalized spacial score (nSPS) is 18.3. The molecule has 4 heteroatoms.